The fourth-order valence-electron chi connectivity index (χ4n) is 3.25. The number of nitrogens with two attached hydrogens (primary N) is 1. The predicted molar refractivity (Wildman–Crippen MR) is 123 cm³/mol. The van der Waals surface area contributed by atoms with Gasteiger partial charge in [0.25, 0.3) is 11.5 Å². The molecule has 0 atom stereocenters. The van der Waals surface area contributed by atoms with Gasteiger partial charge in [0.2, 0.25) is 5.91 Å². The van der Waals surface area contributed by atoms with E-state index in [9.17, 15) is 19.2 Å². The van der Waals surface area contributed by atoms with Gasteiger partial charge in [0.15, 0.2) is 5.69 Å². The van der Waals surface area contributed by atoms with E-state index in [1.165, 1.54) is 16.4 Å². The molecule has 0 aliphatic rings. The third-order valence-corrected chi connectivity index (χ3v) is 4.81. The number of benzene rings is 1. The Morgan fingerprint density at radius 3 is 2.52 bits per heavy atom. The molecule has 4 N–H and O–H groups in total. The van der Waals surface area contributed by atoms with Crippen LogP contribution < -0.4 is 27.2 Å². The maximum Gasteiger partial charge on any atom is 0.330 e. The van der Waals surface area contributed by atoms with Crippen LogP contribution in [0.4, 0.5) is 17.2 Å². The lowest BCUT2D eigenvalue weighted by Crippen LogP contribution is -2.42. The second-order valence-electron chi connectivity index (χ2n) is 8.02. The Morgan fingerprint density at radius 1 is 1.26 bits per heavy atom. The predicted octanol–water partition coefficient (Wildman–Crippen LogP) is 2.49. The van der Waals surface area contributed by atoms with Crippen LogP contribution in [0.2, 0.25) is 0 Å². The molecule has 0 unspecified atom stereocenters. The number of nitrogens with zero attached hydrogens (tertiary/aromatic N) is 2. The van der Waals surface area contributed by atoms with E-state index in [1.54, 1.807) is 18.2 Å². The van der Waals surface area contributed by atoms with Crippen LogP contribution in [0, 0.1) is 12.8 Å². The van der Waals surface area contributed by atoms with Gasteiger partial charge in [0.1, 0.15) is 5.82 Å². The first kappa shape index (κ1) is 23.9. The van der Waals surface area contributed by atoms with E-state index in [0.29, 0.717) is 24.2 Å². The summed E-state index contributed by atoms with van der Waals surface area (Å²) in [5.41, 5.74) is 6.49. The van der Waals surface area contributed by atoms with Gasteiger partial charge in [-0.3, -0.25) is 23.9 Å². The average Bonchev–Trinajstić information content (AvgIpc) is 2.68. The van der Waals surface area contributed by atoms with Crippen LogP contribution in [-0.4, -0.2) is 27.9 Å². The summed E-state index contributed by atoms with van der Waals surface area (Å²) in [5, 5.41) is 2.70. The van der Waals surface area contributed by atoms with Gasteiger partial charge >= 0.3 is 5.69 Å². The Kier molecular flexibility index (Phi) is 7.79. The summed E-state index contributed by atoms with van der Waals surface area (Å²) in [6, 6.07) is 4.94. The molecule has 9 heteroatoms. The number of aromatic amines is 1. The topological polar surface area (TPSA) is 130 Å². The van der Waals surface area contributed by atoms with E-state index >= 15 is 0 Å². The zero-order valence-corrected chi connectivity index (χ0v) is 18.7. The van der Waals surface area contributed by atoms with Gasteiger partial charge in [0.05, 0.1) is 0 Å². The molecule has 0 bridgehead atoms. The molecule has 31 heavy (non-hydrogen) atoms. The van der Waals surface area contributed by atoms with Crippen molar-refractivity contribution in [3.05, 3.63) is 50.2 Å². The van der Waals surface area contributed by atoms with Crippen LogP contribution in [0.25, 0.3) is 0 Å². The molecule has 0 fully saturated rings. The van der Waals surface area contributed by atoms with Gasteiger partial charge in [-0.2, -0.15) is 0 Å². The number of nitrogens with one attached hydrogen (secondary N) is 2. The summed E-state index contributed by atoms with van der Waals surface area (Å²) in [4.78, 5) is 53.5. The maximum absolute atomic E-state index is 13.4. The zero-order valence-electron chi connectivity index (χ0n) is 18.7. The Morgan fingerprint density at radius 2 is 1.94 bits per heavy atom. The smallest absolute Gasteiger partial charge is 0.330 e. The lowest BCUT2D eigenvalue weighted by molar-refractivity contribution is -0.114. The Labute approximate surface area is 181 Å². The second-order valence-corrected chi connectivity index (χ2v) is 8.02. The summed E-state index contributed by atoms with van der Waals surface area (Å²) >= 11 is 0. The monoisotopic (exact) mass is 429 g/mol. The first-order valence-electron chi connectivity index (χ1n) is 10.4. The largest absolute Gasteiger partial charge is 0.383 e. The van der Waals surface area contributed by atoms with E-state index in [4.69, 9.17) is 5.73 Å². The number of amides is 2. The van der Waals surface area contributed by atoms with Crippen LogP contribution in [0.3, 0.4) is 0 Å². The van der Waals surface area contributed by atoms with Crippen molar-refractivity contribution in [1.29, 1.82) is 0 Å². The fraction of sp³-hybridized carbons (Fsp3) is 0.455. The average molecular weight is 430 g/mol. The third-order valence-electron chi connectivity index (χ3n) is 4.81. The molecule has 9 nitrogen and oxygen atoms in total. The molecule has 1 aromatic heterocycles. The van der Waals surface area contributed by atoms with Crippen molar-refractivity contribution >= 4 is 29.0 Å². The molecule has 2 aromatic rings. The number of rotatable bonds is 8. The molecule has 0 saturated heterocycles. The minimum atomic E-state index is -0.707. The van der Waals surface area contributed by atoms with Crippen molar-refractivity contribution in [3.8, 4) is 0 Å². The van der Waals surface area contributed by atoms with Gasteiger partial charge in [-0.05, 0) is 37.0 Å². The summed E-state index contributed by atoms with van der Waals surface area (Å²) in [7, 11) is 0. The Hall–Kier alpha value is -3.36. The van der Waals surface area contributed by atoms with Gasteiger partial charge < -0.3 is 16.0 Å². The number of aryl methyl sites for hydroxylation is 1. The van der Waals surface area contributed by atoms with Crippen LogP contribution in [0.1, 0.15) is 56.5 Å². The van der Waals surface area contributed by atoms with Crippen molar-refractivity contribution in [2.75, 3.05) is 22.5 Å². The molecule has 1 aromatic carbocycles. The highest BCUT2D eigenvalue weighted by atomic mass is 16.2. The highest BCUT2D eigenvalue weighted by Gasteiger charge is 2.25. The van der Waals surface area contributed by atoms with E-state index in [-0.39, 0.29) is 29.9 Å². The second kappa shape index (κ2) is 10.1. The summed E-state index contributed by atoms with van der Waals surface area (Å²) < 4.78 is 1.28. The number of unbranched alkanes of at least 4 members (excludes halogenated alkanes) is 1. The SMILES string of the molecule is CCCCN(C(=O)c1ccc(C)c(NC(C)=O)c1)c1c(N)n(CC(C)C)c(=O)[nH]c1=O. The van der Waals surface area contributed by atoms with Crippen molar-refractivity contribution in [3.63, 3.8) is 0 Å². The van der Waals surface area contributed by atoms with Crippen LogP contribution in [0.5, 0.6) is 0 Å². The molecule has 0 aliphatic carbocycles. The van der Waals surface area contributed by atoms with Crippen LogP contribution >= 0.6 is 0 Å². The van der Waals surface area contributed by atoms with Crippen molar-refractivity contribution in [2.24, 2.45) is 5.92 Å². The third kappa shape index (κ3) is 5.62. The van der Waals surface area contributed by atoms with Crippen molar-refractivity contribution in [1.82, 2.24) is 9.55 Å². The number of H-pyrrole nitrogens is 1. The summed E-state index contributed by atoms with van der Waals surface area (Å²) in [5.74, 6) is -0.624. The highest BCUT2D eigenvalue weighted by Crippen LogP contribution is 2.23. The zero-order chi connectivity index (χ0) is 23.3. The summed E-state index contributed by atoms with van der Waals surface area (Å²) in [6.45, 7) is 9.58. The van der Waals surface area contributed by atoms with E-state index in [0.717, 1.165) is 12.0 Å². The van der Waals surface area contributed by atoms with E-state index in [2.05, 4.69) is 10.3 Å². The fourth-order valence-corrected chi connectivity index (χ4v) is 3.25. The molecule has 2 rings (SSSR count). The van der Waals surface area contributed by atoms with Gasteiger partial charge in [-0.25, -0.2) is 4.79 Å². The normalized spacial score (nSPS) is 10.9. The number of carbonyl (C=O) groups is 2. The molecule has 168 valence electrons. The molecular formula is C22H31N5O4. The molecular weight excluding hydrogens is 398 g/mol. The van der Waals surface area contributed by atoms with E-state index < -0.39 is 17.2 Å². The van der Waals surface area contributed by atoms with Gasteiger partial charge in [-0.1, -0.05) is 33.3 Å². The Bertz CT molecular complexity index is 1080. The molecule has 0 aliphatic heterocycles. The first-order valence-corrected chi connectivity index (χ1v) is 10.4. The highest BCUT2D eigenvalue weighted by molar-refractivity contribution is 6.08. The lowest BCUT2D eigenvalue weighted by atomic mass is 10.1. The van der Waals surface area contributed by atoms with Crippen LogP contribution in [0.15, 0.2) is 27.8 Å². The molecule has 0 radical (unpaired) electrons. The summed E-state index contributed by atoms with van der Waals surface area (Å²) in [6.07, 6.45) is 1.43. The van der Waals surface area contributed by atoms with Gasteiger partial charge in [0, 0.05) is 31.3 Å². The number of nitrogen functional groups attached to an aromatic ring is 1. The lowest BCUT2D eigenvalue weighted by Gasteiger charge is -2.25. The van der Waals surface area contributed by atoms with E-state index in [1.807, 2.05) is 27.7 Å². The molecule has 0 spiro atoms. The molecule has 2 amide bonds. The number of hydrogen-bond donors (Lipinski definition) is 3. The quantitative estimate of drug-likeness (QED) is 0.593. The van der Waals surface area contributed by atoms with Gasteiger partial charge in [-0.15, -0.1) is 0 Å². The number of hydrogen-bond acceptors (Lipinski definition) is 5. The minimum Gasteiger partial charge on any atom is -0.383 e. The standard InChI is InChI=1S/C22H31N5O4/c1-6-7-10-26(18-19(23)27(12-13(2)3)22(31)25-20(18)29)21(30)16-9-8-14(4)17(11-16)24-15(5)28/h8-9,11,13H,6-7,10,12,23H2,1-5H3,(H,24,28)(H,25,29,31). The number of anilines is 3. The molecule has 1 heterocycles. The van der Waals surface area contributed by atoms with Crippen molar-refractivity contribution < 1.29 is 9.59 Å². The number of carbonyl (C=O) groups excluding carboxylic acids is 2. The first-order chi connectivity index (χ1) is 14.6. The number of aromatic nitrogens is 2. The minimum absolute atomic E-state index is 0.0406. The van der Waals surface area contributed by atoms with Crippen LogP contribution in [-0.2, 0) is 11.3 Å². The maximum atomic E-state index is 13.4. The molecule has 0 saturated carbocycles. The Balaban J connectivity index is 2.62. The van der Waals surface area contributed by atoms with Crippen molar-refractivity contribution in [2.45, 2.75) is 54.0 Å².